The van der Waals surface area contributed by atoms with Gasteiger partial charge >= 0.3 is 11.8 Å². The minimum atomic E-state index is -0.664. The van der Waals surface area contributed by atoms with Crippen molar-refractivity contribution in [1.82, 2.24) is 5.32 Å². The number of nitrogens with one attached hydrogen (secondary N) is 3. The van der Waals surface area contributed by atoms with Gasteiger partial charge in [0, 0.05) is 27.7 Å². The molecule has 3 aromatic rings. The fourth-order valence-corrected chi connectivity index (χ4v) is 3.89. The highest BCUT2D eigenvalue weighted by molar-refractivity contribution is 7.17. The van der Waals surface area contributed by atoms with E-state index in [1.54, 1.807) is 0 Å². The van der Waals surface area contributed by atoms with E-state index in [0.29, 0.717) is 11.4 Å². The van der Waals surface area contributed by atoms with Crippen LogP contribution in [0.1, 0.15) is 11.1 Å². The van der Waals surface area contributed by atoms with Gasteiger partial charge in [0.15, 0.2) is 0 Å². The molecule has 0 spiro atoms. The molecule has 0 radical (unpaired) electrons. The van der Waals surface area contributed by atoms with Crippen molar-refractivity contribution in [2.75, 3.05) is 17.2 Å². The van der Waals surface area contributed by atoms with Gasteiger partial charge in [-0.25, -0.2) is 0 Å². The predicted octanol–water partition coefficient (Wildman–Crippen LogP) is 3.12. The molecule has 1 aliphatic heterocycles. The molecule has 1 aromatic heterocycles. The van der Waals surface area contributed by atoms with Gasteiger partial charge in [-0.3, -0.25) is 9.59 Å². The number of rotatable bonds is 2. The largest absolute Gasteiger partial charge is 0.318 e. The first-order valence-electron chi connectivity index (χ1n) is 8.12. The van der Waals surface area contributed by atoms with Crippen LogP contribution in [0, 0.1) is 0 Å². The molecule has 2 heterocycles. The van der Waals surface area contributed by atoms with Gasteiger partial charge in [0.2, 0.25) is 0 Å². The van der Waals surface area contributed by atoms with Crippen molar-refractivity contribution < 1.29 is 9.59 Å². The van der Waals surface area contributed by atoms with Crippen molar-refractivity contribution >= 4 is 44.6 Å². The van der Waals surface area contributed by atoms with Crippen LogP contribution in [0.2, 0.25) is 0 Å². The Morgan fingerprint density at radius 1 is 1.00 bits per heavy atom. The summed E-state index contributed by atoms with van der Waals surface area (Å²) < 4.78 is 1.07. The number of thiophene rings is 1. The maximum atomic E-state index is 12.2. The zero-order chi connectivity index (χ0) is 17.2. The van der Waals surface area contributed by atoms with Gasteiger partial charge in [0.1, 0.15) is 0 Å². The summed E-state index contributed by atoms with van der Waals surface area (Å²) in [7, 11) is 0. The Labute approximate surface area is 149 Å². The van der Waals surface area contributed by atoms with Gasteiger partial charge < -0.3 is 16.0 Å². The van der Waals surface area contributed by atoms with E-state index in [4.69, 9.17) is 0 Å². The third-order valence-corrected chi connectivity index (χ3v) is 5.25. The lowest BCUT2D eigenvalue weighted by molar-refractivity contribution is -0.132. The molecule has 3 N–H and O–H groups in total. The fourth-order valence-electron chi connectivity index (χ4n) is 3.00. The van der Waals surface area contributed by atoms with Crippen molar-refractivity contribution in [2.24, 2.45) is 0 Å². The van der Waals surface area contributed by atoms with Crippen LogP contribution >= 0.6 is 11.3 Å². The van der Waals surface area contributed by atoms with Gasteiger partial charge in [-0.05, 0) is 42.3 Å². The molecule has 2 aromatic carbocycles. The lowest BCUT2D eigenvalue weighted by Crippen LogP contribution is -2.29. The quantitative estimate of drug-likeness (QED) is 0.621. The number of hydrogen-bond donors (Lipinski definition) is 3. The van der Waals surface area contributed by atoms with E-state index < -0.39 is 11.8 Å². The SMILES string of the molecule is O=C(Nc1ccc2c(c1)CCNC2)C(=O)Nc1csc2ccccc12. The lowest BCUT2D eigenvalue weighted by Gasteiger charge is -2.18. The van der Waals surface area contributed by atoms with Crippen LogP contribution in [0.3, 0.4) is 0 Å². The average Bonchev–Trinajstić information content (AvgIpc) is 3.04. The summed E-state index contributed by atoms with van der Waals surface area (Å²) in [5.74, 6) is -1.33. The molecule has 0 fully saturated rings. The standard InChI is InChI=1S/C19H17N3O2S/c23-18(21-14-6-5-13-10-20-8-7-12(13)9-14)19(24)22-16-11-25-17-4-2-1-3-15(16)17/h1-6,9,11,20H,7-8,10H2,(H,21,23)(H,22,24). The van der Waals surface area contributed by atoms with Crippen LogP contribution < -0.4 is 16.0 Å². The van der Waals surface area contributed by atoms with E-state index in [9.17, 15) is 9.59 Å². The average molecular weight is 351 g/mol. The second kappa shape index (κ2) is 6.66. The van der Waals surface area contributed by atoms with E-state index in [-0.39, 0.29) is 0 Å². The first-order chi connectivity index (χ1) is 12.2. The summed E-state index contributed by atoms with van der Waals surface area (Å²) in [6.07, 6.45) is 0.923. The number of benzene rings is 2. The molecule has 0 aliphatic carbocycles. The molecular weight excluding hydrogens is 334 g/mol. The Hall–Kier alpha value is -2.70. The number of carbonyl (C=O) groups excluding carboxylic acids is 2. The van der Waals surface area contributed by atoms with Gasteiger partial charge in [0.25, 0.3) is 0 Å². The summed E-state index contributed by atoms with van der Waals surface area (Å²) >= 11 is 1.53. The Bertz CT molecular complexity index is 964. The Kier molecular flexibility index (Phi) is 4.21. The van der Waals surface area contributed by atoms with E-state index in [1.807, 2.05) is 47.8 Å². The van der Waals surface area contributed by atoms with Crippen LogP contribution in [0.4, 0.5) is 11.4 Å². The van der Waals surface area contributed by atoms with Crippen molar-refractivity contribution in [3.05, 3.63) is 59.0 Å². The van der Waals surface area contributed by atoms with Crippen LogP contribution in [-0.2, 0) is 22.6 Å². The normalized spacial score (nSPS) is 13.3. The Morgan fingerprint density at radius 2 is 1.84 bits per heavy atom. The van der Waals surface area contributed by atoms with E-state index in [2.05, 4.69) is 16.0 Å². The first kappa shape index (κ1) is 15.8. The Balaban J connectivity index is 1.46. The van der Waals surface area contributed by atoms with E-state index >= 15 is 0 Å². The van der Waals surface area contributed by atoms with Crippen LogP contribution in [-0.4, -0.2) is 18.4 Å². The lowest BCUT2D eigenvalue weighted by atomic mass is 10.0. The molecule has 0 atom stereocenters. The summed E-state index contributed by atoms with van der Waals surface area (Å²) in [5.41, 5.74) is 3.76. The zero-order valence-corrected chi connectivity index (χ0v) is 14.3. The first-order valence-corrected chi connectivity index (χ1v) is 9.00. The molecule has 0 unspecified atom stereocenters. The topological polar surface area (TPSA) is 70.2 Å². The van der Waals surface area contributed by atoms with Gasteiger partial charge in [0.05, 0.1) is 5.69 Å². The number of fused-ring (bicyclic) bond motifs is 2. The number of anilines is 2. The van der Waals surface area contributed by atoms with Crippen LogP contribution in [0.15, 0.2) is 47.8 Å². The second-order valence-corrected chi connectivity index (χ2v) is 6.88. The highest BCUT2D eigenvalue weighted by Gasteiger charge is 2.17. The van der Waals surface area contributed by atoms with Gasteiger partial charge in [-0.15, -0.1) is 11.3 Å². The summed E-state index contributed by atoms with van der Waals surface area (Å²) in [5, 5.41) is 11.5. The summed E-state index contributed by atoms with van der Waals surface area (Å²) in [4.78, 5) is 24.4. The van der Waals surface area contributed by atoms with E-state index in [0.717, 1.165) is 29.6 Å². The molecule has 0 bridgehead atoms. The minimum Gasteiger partial charge on any atom is -0.318 e. The predicted molar refractivity (Wildman–Crippen MR) is 101 cm³/mol. The second-order valence-electron chi connectivity index (χ2n) is 5.96. The molecule has 0 saturated heterocycles. The van der Waals surface area contributed by atoms with Gasteiger partial charge in [-0.2, -0.15) is 0 Å². The van der Waals surface area contributed by atoms with Crippen LogP contribution in [0.25, 0.3) is 10.1 Å². The van der Waals surface area contributed by atoms with E-state index in [1.165, 1.54) is 22.5 Å². The van der Waals surface area contributed by atoms with Crippen molar-refractivity contribution in [3.8, 4) is 0 Å². The summed E-state index contributed by atoms with van der Waals surface area (Å²) in [6.45, 7) is 1.77. The number of hydrogen-bond acceptors (Lipinski definition) is 4. The Morgan fingerprint density at radius 3 is 2.76 bits per heavy atom. The number of carbonyl (C=O) groups is 2. The smallest absolute Gasteiger partial charge is 0.314 e. The third kappa shape index (κ3) is 3.26. The molecule has 126 valence electrons. The highest BCUT2D eigenvalue weighted by atomic mass is 32.1. The van der Waals surface area contributed by atoms with Crippen molar-refractivity contribution in [2.45, 2.75) is 13.0 Å². The summed E-state index contributed by atoms with van der Waals surface area (Å²) in [6, 6.07) is 13.5. The third-order valence-electron chi connectivity index (χ3n) is 4.29. The molecular formula is C19H17N3O2S. The molecule has 1 aliphatic rings. The maximum Gasteiger partial charge on any atom is 0.314 e. The zero-order valence-electron chi connectivity index (χ0n) is 13.5. The monoisotopic (exact) mass is 351 g/mol. The maximum absolute atomic E-state index is 12.2. The van der Waals surface area contributed by atoms with Gasteiger partial charge in [-0.1, -0.05) is 24.3 Å². The number of amides is 2. The molecule has 0 saturated carbocycles. The minimum absolute atomic E-state index is 0.649. The molecule has 25 heavy (non-hydrogen) atoms. The fraction of sp³-hybridized carbons (Fsp3) is 0.158. The van der Waals surface area contributed by atoms with Crippen molar-refractivity contribution in [1.29, 1.82) is 0 Å². The highest BCUT2D eigenvalue weighted by Crippen LogP contribution is 2.29. The van der Waals surface area contributed by atoms with Crippen LogP contribution in [0.5, 0.6) is 0 Å². The molecule has 2 amide bonds. The molecule has 4 rings (SSSR count). The molecule has 6 heteroatoms. The van der Waals surface area contributed by atoms with Crippen molar-refractivity contribution in [3.63, 3.8) is 0 Å². The molecule has 5 nitrogen and oxygen atoms in total.